The summed E-state index contributed by atoms with van der Waals surface area (Å²) in [5.74, 6) is -0.0422. The van der Waals surface area contributed by atoms with Gasteiger partial charge in [-0.1, -0.05) is 13.8 Å². The Balaban J connectivity index is 3.15. The van der Waals surface area contributed by atoms with Crippen molar-refractivity contribution < 1.29 is 9.59 Å². The lowest BCUT2D eigenvalue weighted by Gasteiger charge is -2.15. The Morgan fingerprint density at radius 2 is 1.85 bits per heavy atom. The van der Waals surface area contributed by atoms with Gasteiger partial charge in [-0.05, 0) is 34.8 Å². The first kappa shape index (κ1) is 10.4. The largest absolute Gasteiger partial charge is 0.290 e. The van der Waals surface area contributed by atoms with Crippen molar-refractivity contribution in [1.82, 2.24) is 0 Å². The van der Waals surface area contributed by atoms with Gasteiger partial charge in [-0.25, -0.2) is 0 Å². The standard InChI is InChI=1S/C10H11BrO2/c1-5(2)7-4-8(12)6(3)9(11)10(7)13/h4-5H,1-3H3. The van der Waals surface area contributed by atoms with Crippen LogP contribution >= 0.6 is 15.9 Å². The molecule has 0 saturated heterocycles. The molecule has 0 aliphatic heterocycles. The SMILES string of the molecule is CC1=C(Br)C(=O)C(C(C)C)=CC1=O. The van der Waals surface area contributed by atoms with Gasteiger partial charge in [0.1, 0.15) is 0 Å². The molecular weight excluding hydrogens is 232 g/mol. The van der Waals surface area contributed by atoms with Crippen molar-refractivity contribution in [3.63, 3.8) is 0 Å². The molecule has 0 unspecified atom stereocenters. The van der Waals surface area contributed by atoms with Gasteiger partial charge >= 0.3 is 0 Å². The number of ketones is 2. The Kier molecular flexibility index (Phi) is 2.86. The maximum atomic E-state index is 11.6. The van der Waals surface area contributed by atoms with E-state index in [4.69, 9.17) is 0 Å². The van der Waals surface area contributed by atoms with Crippen LogP contribution in [0.3, 0.4) is 0 Å². The lowest BCUT2D eigenvalue weighted by Crippen LogP contribution is -2.18. The number of rotatable bonds is 1. The summed E-state index contributed by atoms with van der Waals surface area (Å²) in [5.41, 5.74) is 1.08. The number of carbonyl (C=O) groups excluding carboxylic acids is 2. The van der Waals surface area contributed by atoms with Gasteiger partial charge in [-0.3, -0.25) is 9.59 Å². The van der Waals surface area contributed by atoms with Crippen LogP contribution in [0.1, 0.15) is 20.8 Å². The summed E-state index contributed by atoms with van der Waals surface area (Å²) in [6, 6.07) is 0. The van der Waals surface area contributed by atoms with Gasteiger partial charge in [-0.15, -0.1) is 0 Å². The van der Waals surface area contributed by atoms with E-state index < -0.39 is 0 Å². The highest BCUT2D eigenvalue weighted by Crippen LogP contribution is 2.27. The summed E-state index contributed by atoms with van der Waals surface area (Å²) >= 11 is 3.14. The fraction of sp³-hybridized carbons (Fsp3) is 0.400. The molecule has 13 heavy (non-hydrogen) atoms. The zero-order valence-corrected chi connectivity index (χ0v) is 9.44. The molecular formula is C10H11BrO2. The normalized spacial score (nSPS) is 18.4. The molecule has 1 aliphatic rings. The van der Waals surface area contributed by atoms with Crippen molar-refractivity contribution in [3.05, 3.63) is 21.7 Å². The molecule has 1 rings (SSSR count). The molecule has 2 nitrogen and oxygen atoms in total. The molecule has 0 fully saturated rings. The van der Waals surface area contributed by atoms with Crippen molar-refractivity contribution >= 4 is 27.5 Å². The predicted molar refractivity (Wildman–Crippen MR) is 54.6 cm³/mol. The molecule has 3 heteroatoms. The number of carbonyl (C=O) groups is 2. The molecule has 0 atom stereocenters. The van der Waals surface area contributed by atoms with Crippen LogP contribution in [0, 0.1) is 5.92 Å². The maximum absolute atomic E-state index is 11.6. The number of allylic oxidation sites excluding steroid dienone is 4. The highest BCUT2D eigenvalue weighted by Gasteiger charge is 2.25. The average Bonchev–Trinajstić information content (AvgIpc) is 2.07. The first-order chi connectivity index (χ1) is 5.95. The van der Waals surface area contributed by atoms with E-state index in [2.05, 4.69) is 15.9 Å². The number of hydrogen-bond acceptors (Lipinski definition) is 2. The van der Waals surface area contributed by atoms with E-state index in [1.165, 1.54) is 6.08 Å². The van der Waals surface area contributed by atoms with Crippen LogP contribution in [-0.4, -0.2) is 11.6 Å². The van der Waals surface area contributed by atoms with Gasteiger partial charge in [0.15, 0.2) is 11.6 Å². The van der Waals surface area contributed by atoms with E-state index in [1.807, 2.05) is 13.8 Å². The minimum absolute atomic E-state index is 0.0629. The van der Waals surface area contributed by atoms with Gasteiger partial charge in [0.25, 0.3) is 0 Å². The second kappa shape index (κ2) is 3.58. The molecule has 0 aromatic heterocycles. The molecule has 0 spiro atoms. The molecule has 0 amide bonds. The minimum Gasteiger partial charge on any atom is -0.290 e. The molecule has 0 heterocycles. The second-order valence-corrected chi connectivity index (χ2v) is 4.18. The summed E-state index contributed by atoms with van der Waals surface area (Å²) in [6.45, 7) is 5.45. The van der Waals surface area contributed by atoms with E-state index in [0.717, 1.165) is 0 Å². The Bertz CT molecular complexity index is 335. The van der Waals surface area contributed by atoms with Crippen molar-refractivity contribution in [2.75, 3.05) is 0 Å². The Morgan fingerprint density at radius 1 is 1.31 bits per heavy atom. The van der Waals surface area contributed by atoms with Gasteiger partial charge in [-0.2, -0.15) is 0 Å². The van der Waals surface area contributed by atoms with Crippen LogP contribution < -0.4 is 0 Å². The quantitative estimate of drug-likeness (QED) is 0.662. The highest BCUT2D eigenvalue weighted by atomic mass is 79.9. The summed E-state index contributed by atoms with van der Waals surface area (Å²) in [6.07, 6.45) is 1.44. The van der Waals surface area contributed by atoms with E-state index in [-0.39, 0.29) is 17.5 Å². The van der Waals surface area contributed by atoms with E-state index >= 15 is 0 Å². The van der Waals surface area contributed by atoms with Gasteiger partial charge in [0, 0.05) is 11.1 Å². The second-order valence-electron chi connectivity index (χ2n) is 3.39. The van der Waals surface area contributed by atoms with Gasteiger partial charge in [0.05, 0.1) is 4.48 Å². The monoisotopic (exact) mass is 242 g/mol. The molecule has 70 valence electrons. The minimum atomic E-state index is -0.0739. The highest BCUT2D eigenvalue weighted by molar-refractivity contribution is 9.12. The van der Waals surface area contributed by atoms with E-state index in [9.17, 15) is 9.59 Å². The molecule has 0 saturated carbocycles. The van der Waals surface area contributed by atoms with Gasteiger partial charge in [0.2, 0.25) is 0 Å². The van der Waals surface area contributed by atoms with Crippen LogP contribution in [-0.2, 0) is 9.59 Å². The van der Waals surface area contributed by atoms with Crippen LogP contribution in [0.5, 0.6) is 0 Å². The van der Waals surface area contributed by atoms with Gasteiger partial charge < -0.3 is 0 Å². The Hall–Kier alpha value is -0.700. The fourth-order valence-electron chi connectivity index (χ4n) is 1.15. The summed E-state index contributed by atoms with van der Waals surface area (Å²) in [4.78, 5) is 22.9. The van der Waals surface area contributed by atoms with Crippen molar-refractivity contribution in [2.45, 2.75) is 20.8 Å². The van der Waals surface area contributed by atoms with E-state index in [1.54, 1.807) is 6.92 Å². The Morgan fingerprint density at radius 3 is 2.31 bits per heavy atom. The fourth-order valence-corrected chi connectivity index (χ4v) is 1.57. The summed E-state index contributed by atoms with van der Waals surface area (Å²) < 4.78 is 0.406. The third-order valence-corrected chi connectivity index (χ3v) is 3.02. The number of Topliss-reactive ketones (excluding diaryl/α,β-unsaturated/α-hetero) is 1. The summed E-state index contributed by atoms with van der Waals surface area (Å²) in [5, 5.41) is 0. The summed E-state index contributed by atoms with van der Waals surface area (Å²) in [7, 11) is 0. The molecule has 0 N–H and O–H groups in total. The molecule has 1 aliphatic carbocycles. The van der Waals surface area contributed by atoms with Crippen molar-refractivity contribution in [2.24, 2.45) is 5.92 Å². The lowest BCUT2D eigenvalue weighted by molar-refractivity contribution is -0.115. The Labute approximate surface area is 85.8 Å². The van der Waals surface area contributed by atoms with Crippen LogP contribution in [0.25, 0.3) is 0 Å². The van der Waals surface area contributed by atoms with E-state index in [0.29, 0.717) is 15.6 Å². The zero-order chi connectivity index (χ0) is 10.2. The van der Waals surface area contributed by atoms with Crippen molar-refractivity contribution in [3.8, 4) is 0 Å². The smallest absolute Gasteiger partial charge is 0.196 e. The number of hydrogen-bond donors (Lipinski definition) is 0. The molecule has 0 bridgehead atoms. The first-order valence-corrected chi connectivity index (χ1v) is 4.91. The number of halogens is 1. The molecule has 0 aromatic rings. The van der Waals surface area contributed by atoms with Crippen LogP contribution in [0.4, 0.5) is 0 Å². The molecule has 0 radical (unpaired) electrons. The third-order valence-electron chi connectivity index (χ3n) is 2.07. The average molecular weight is 243 g/mol. The molecule has 0 aromatic carbocycles. The topological polar surface area (TPSA) is 34.1 Å². The first-order valence-electron chi connectivity index (χ1n) is 4.12. The lowest BCUT2D eigenvalue weighted by atomic mass is 9.91. The van der Waals surface area contributed by atoms with Crippen molar-refractivity contribution in [1.29, 1.82) is 0 Å². The zero-order valence-electron chi connectivity index (χ0n) is 7.85. The maximum Gasteiger partial charge on any atom is 0.196 e. The van der Waals surface area contributed by atoms with Crippen LogP contribution in [0.2, 0.25) is 0 Å². The van der Waals surface area contributed by atoms with Crippen LogP contribution in [0.15, 0.2) is 21.7 Å². The third kappa shape index (κ3) is 1.80. The predicted octanol–water partition coefficient (Wildman–Crippen LogP) is 2.39.